The van der Waals surface area contributed by atoms with Gasteiger partial charge in [-0.1, -0.05) is 66.0 Å². The number of nitrogens with zero attached hydrogens (tertiary/aromatic N) is 3. The number of aromatic nitrogens is 3. The van der Waals surface area contributed by atoms with E-state index in [9.17, 15) is 13.5 Å². The first kappa shape index (κ1) is 30.1. The van der Waals surface area contributed by atoms with Crippen LogP contribution in [0.1, 0.15) is 55.1 Å². The number of imidazole rings is 1. The van der Waals surface area contributed by atoms with E-state index in [1.54, 1.807) is 32.0 Å². The molecule has 0 saturated heterocycles. The molecule has 214 valence electrons. The Labute approximate surface area is 244 Å². The van der Waals surface area contributed by atoms with Crippen molar-refractivity contribution in [2.24, 2.45) is 0 Å². The van der Waals surface area contributed by atoms with Gasteiger partial charge in [0.1, 0.15) is 10.8 Å². The van der Waals surface area contributed by atoms with Gasteiger partial charge in [0.05, 0.1) is 23.8 Å². The highest BCUT2D eigenvalue weighted by atomic mass is 35.5. The molecule has 0 unspecified atom stereocenters. The Hall–Kier alpha value is -2.89. The van der Waals surface area contributed by atoms with Crippen LogP contribution in [0.25, 0.3) is 16.8 Å². The molecule has 0 atom stereocenters. The Balaban J connectivity index is 1.88. The van der Waals surface area contributed by atoms with E-state index in [2.05, 4.69) is 21.8 Å². The molecule has 2 aromatic carbocycles. The minimum absolute atomic E-state index is 0.0774. The number of aliphatic hydroxyl groups is 1. The molecule has 4 aromatic rings. The maximum atomic E-state index is 13.7. The van der Waals surface area contributed by atoms with Crippen LogP contribution >= 0.6 is 23.2 Å². The van der Waals surface area contributed by atoms with Crippen LogP contribution in [0.15, 0.2) is 45.8 Å². The van der Waals surface area contributed by atoms with Crippen molar-refractivity contribution >= 4 is 39.0 Å². The Morgan fingerprint density at radius 3 is 2.55 bits per heavy atom. The molecule has 0 radical (unpaired) electrons. The highest BCUT2D eigenvalue weighted by molar-refractivity contribution is 7.93. The molecule has 0 amide bonds. The number of hydrogen-bond donors (Lipinski definition) is 2. The van der Waals surface area contributed by atoms with Gasteiger partial charge < -0.3 is 14.4 Å². The zero-order chi connectivity index (χ0) is 29.0. The van der Waals surface area contributed by atoms with Crippen molar-refractivity contribution in [3.63, 3.8) is 0 Å². The molecule has 0 aliphatic carbocycles. The van der Waals surface area contributed by atoms with Crippen molar-refractivity contribution in [1.82, 2.24) is 14.7 Å². The molecule has 0 aliphatic heterocycles. The zero-order valence-corrected chi connectivity index (χ0v) is 25.1. The third-order valence-electron chi connectivity index (χ3n) is 6.50. The largest absolute Gasteiger partial charge is 0.390 e. The number of hydrogen-bond acceptors (Lipinski definition) is 7. The predicted molar refractivity (Wildman–Crippen MR) is 156 cm³/mol. The van der Waals surface area contributed by atoms with Crippen molar-refractivity contribution < 1.29 is 22.8 Å². The predicted octanol–water partition coefficient (Wildman–Crippen LogP) is 6.62. The van der Waals surface area contributed by atoms with Gasteiger partial charge in [-0.2, -0.15) is 0 Å². The first-order chi connectivity index (χ1) is 19.1. The normalized spacial score (nSPS) is 11.8. The van der Waals surface area contributed by atoms with Crippen LogP contribution in [0.4, 0.5) is 5.82 Å². The lowest BCUT2D eigenvalue weighted by Crippen LogP contribution is -2.16. The van der Waals surface area contributed by atoms with Crippen molar-refractivity contribution in [3.8, 4) is 16.8 Å². The molecule has 0 fully saturated rings. The number of ether oxygens (including phenoxy) is 1. The summed E-state index contributed by atoms with van der Waals surface area (Å²) in [5.41, 5.74) is 3.70. The lowest BCUT2D eigenvalue weighted by Gasteiger charge is -2.19. The van der Waals surface area contributed by atoms with Gasteiger partial charge in [0.2, 0.25) is 5.82 Å². The summed E-state index contributed by atoms with van der Waals surface area (Å²) >= 11 is 12.6. The fraction of sp³-hybridized carbons (Fsp3) is 0.357. The van der Waals surface area contributed by atoms with Crippen molar-refractivity contribution in [2.45, 2.75) is 65.1 Å². The first-order valence-corrected chi connectivity index (χ1v) is 15.2. The average molecular weight is 608 g/mol. The topological polar surface area (TPSA) is 119 Å². The van der Waals surface area contributed by atoms with Crippen molar-refractivity contribution in [2.75, 3.05) is 11.3 Å². The maximum absolute atomic E-state index is 13.7. The number of rotatable bonds is 12. The van der Waals surface area contributed by atoms with Crippen LogP contribution < -0.4 is 4.72 Å². The summed E-state index contributed by atoms with van der Waals surface area (Å²) in [5, 5.41) is 14.2. The second-order valence-electron chi connectivity index (χ2n) is 9.30. The van der Waals surface area contributed by atoms with Crippen molar-refractivity contribution in [3.05, 3.63) is 75.0 Å². The number of unbranched alkanes of at least 4 members (excludes halogenated alkanes) is 1. The molecule has 2 heterocycles. The lowest BCUT2D eigenvalue weighted by molar-refractivity contribution is 0.134. The second kappa shape index (κ2) is 12.7. The van der Waals surface area contributed by atoms with E-state index in [1.165, 1.54) is 0 Å². The zero-order valence-electron chi connectivity index (χ0n) is 22.8. The van der Waals surface area contributed by atoms with Crippen LogP contribution in [-0.2, 0) is 34.4 Å². The molecule has 2 N–H and O–H groups in total. The summed E-state index contributed by atoms with van der Waals surface area (Å²) in [4.78, 5) is 4.59. The SMILES string of the molecule is CCCCc1nc(Cl)c(CO)n1-c1ccc(-c2cccc(C)c2S(=O)(=O)Nc2noc(C)c2Cl)c(COCC)c1. The Kier molecular flexibility index (Phi) is 9.58. The van der Waals surface area contributed by atoms with Gasteiger partial charge in [-0.3, -0.25) is 9.29 Å². The molecule has 0 bridgehead atoms. The number of nitrogens with one attached hydrogen (secondary N) is 1. The van der Waals surface area contributed by atoms with E-state index in [0.717, 1.165) is 29.9 Å². The Morgan fingerprint density at radius 1 is 1.12 bits per heavy atom. The lowest BCUT2D eigenvalue weighted by atomic mass is 9.97. The molecule has 4 rings (SSSR count). The van der Waals surface area contributed by atoms with E-state index >= 15 is 0 Å². The Bertz CT molecular complexity index is 1620. The van der Waals surface area contributed by atoms with Crippen LogP contribution in [0, 0.1) is 13.8 Å². The summed E-state index contributed by atoms with van der Waals surface area (Å²) in [6, 6.07) is 10.9. The standard InChI is InChI=1S/C28H32Cl2N4O5S/c1-5-7-11-24-31-27(30)23(15-35)34(24)20-12-13-21(19(14-20)16-38-6-2)22-10-8-9-17(3)26(22)40(36,37)33-28-25(29)18(4)39-32-28/h8-10,12-14,35H,5-7,11,15-16H2,1-4H3,(H,32,33). The van der Waals surface area contributed by atoms with Gasteiger partial charge in [0, 0.05) is 24.3 Å². The summed E-state index contributed by atoms with van der Waals surface area (Å²) < 4.78 is 42.5. The highest BCUT2D eigenvalue weighted by Crippen LogP contribution is 2.36. The van der Waals surface area contributed by atoms with E-state index in [1.807, 2.05) is 29.7 Å². The number of halogens is 2. The molecule has 0 saturated carbocycles. The smallest absolute Gasteiger partial charge is 0.264 e. The summed E-state index contributed by atoms with van der Waals surface area (Å²) in [6.07, 6.45) is 2.58. The molecular formula is C28H32Cl2N4O5S. The summed E-state index contributed by atoms with van der Waals surface area (Å²) in [7, 11) is -4.12. The van der Waals surface area contributed by atoms with E-state index < -0.39 is 10.0 Å². The van der Waals surface area contributed by atoms with Gasteiger partial charge >= 0.3 is 0 Å². The van der Waals surface area contributed by atoms with Gasteiger partial charge in [0.25, 0.3) is 10.0 Å². The molecule has 12 heteroatoms. The van der Waals surface area contributed by atoms with Gasteiger partial charge in [0.15, 0.2) is 10.9 Å². The molecule has 0 aliphatic rings. The highest BCUT2D eigenvalue weighted by Gasteiger charge is 2.26. The van der Waals surface area contributed by atoms with Gasteiger partial charge in [-0.05, 0) is 56.0 Å². The fourth-order valence-corrected chi connectivity index (χ4v) is 6.43. The molecular weight excluding hydrogens is 575 g/mol. The average Bonchev–Trinajstić information content (AvgIpc) is 3.42. The minimum Gasteiger partial charge on any atom is -0.390 e. The number of sulfonamides is 1. The van der Waals surface area contributed by atoms with Crippen LogP contribution in [0.5, 0.6) is 0 Å². The fourth-order valence-electron chi connectivity index (χ4n) is 4.56. The van der Waals surface area contributed by atoms with E-state index in [0.29, 0.717) is 41.2 Å². The van der Waals surface area contributed by atoms with Crippen LogP contribution in [0.2, 0.25) is 10.2 Å². The number of benzene rings is 2. The maximum Gasteiger partial charge on any atom is 0.264 e. The summed E-state index contributed by atoms with van der Waals surface area (Å²) in [5.74, 6) is 0.972. The van der Waals surface area contributed by atoms with Gasteiger partial charge in [-0.25, -0.2) is 13.4 Å². The molecule has 2 aromatic heterocycles. The number of aliphatic hydroxyl groups excluding tert-OH is 1. The first-order valence-electron chi connectivity index (χ1n) is 12.9. The minimum atomic E-state index is -4.12. The van der Waals surface area contributed by atoms with Crippen LogP contribution in [0.3, 0.4) is 0 Å². The van der Waals surface area contributed by atoms with E-state index in [4.69, 9.17) is 32.5 Å². The molecule has 40 heavy (non-hydrogen) atoms. The van der Waals surface area contributed by atoms with Gasteiger partial charge in [-0.15, -0.1) is 0 Å². The third kappa shape index (κ3) is 6.06. The monoisotopic (exact) mass is 606 g/mol. The molecule has 9 nitrogen and oxygen atoms in total. The second-order valence-corrected chi connectivity index (χ2v) is 11.7. The third-order valence-corrected chi connectivity index (χ3v) is 8.79. The van der Waals surface area contributed by atoms with Crippen LogP contribution in [-0.4, -0.2) is 34.8 Å². The Morgan fingerprint density at radius 2 is 1.90 bits per heavy atom. The van der Waals surface area contributed by atoms with E-state index in [-0.39, 0.29) is 34.1 Å². The number of aryl methyl sites for hydroxylation is 3. The summed E-state index contributed by atoms with van der Waals surface area (Å²) in [6.45, 7) is 7.72. The number of anilines is 1. The van der Waals surface area contributed by atoms with Crippen molar-refractivity contribution in [1.29, 1.82) is 0 Å². The molecule has 0 spiro atoms. The quantitative estimate of drug-likeness (QED) is 0.186.